The smallest absolute Gasteiger partial charge is 0.459 e. The van der Waals surface area contributed by atoms with Crippen LogP contribution in [-0.2, 0) is 23.4 Å². The first-order chi connectivity index (χ1) is 18.0. The van der Waals surface area contributed by atoms with E-state index in [-0.39, 0.29) is 18.2 Å². The number of fused-ring (bicyclic) bond motifs is 1. The lowest BCUT2D eigenvalue weighted by atomic mass is 9.94. The molecular formula is C24H32N5O8P. The number of ether oxygens (including phenoxy) is 2. The Morgan fingerprint density at radius 1 is 1.29 bits per heavy atom. The van der Waals surface area contributed by atoms with Gasteiger partial charge in [0.2, 0.25) is 0 Å². The lowest BCUT2D eigenvalue weighted by Gasteiger charge is -2.29. The molecule has 1 aliphatic rings. The van der Waals surface area contributed by atoms with Gasteiger partial charge in [0.05, 0.1) is 18.1 Å². The molecule has 1 aliphatic heterocycles. The number of aliphatic hydroxyl groups excluding tert-OH is 1. The van der Waals surface area contributed by atoms with Crippen molar-refractivity contribution >= 4 is 30.6 Å². The van der Waals surface area contributed by atoms with E-state index in [1.54, 1.807) is 49.5 Å². The Morgan fingerprint density at radius 2 is 2.00 bits per heavy atom. The number of anilines is 1. The number of para-hydroxylation sites is 1. The summed E-state index contributed by atoms with van der Waals surface area (Å²) in [6.45, 7) is 6.16. The van der Waals surface area contributed by atoms with Crippen LogP contribution in [0, 0.1) is 0 Å². The van der Waals surface area contributed by atoms with Crippen molar-refractivity contribution in [1.82, 2.24) is 19.6 Å². The van der Waals surface area contributed by atoms with Crippen LogP contribution in [0.2, 0.25) is 0 Å². The molecule has 1 fully saturated rings. The minimum Gasteiger partial charge on any atom is -0.465 e. The Morgan fingerprint density at radius 3 is 2.68 bits per heavy atom. The molecule has 3 aromatic rings. The van der Waals surface area contributed by atoms with Crippen molar-refractivity contribution in [3.63, 3.8) is 0 Å². The van der Waals surface area contributed by atoms with E-state index in [2.05, 4.69) is 15.1 Å². The lowest BCUT2D eigenvalue weighted by molar-refractivity contribution is -0.144. The van der Waals surface area contributed by atoms with Gasteiger partial charge in [-0.3, -0.25) is 9.32 Å². The second-order valence-electron chi connectivity index (χ2n) is 9.16. The fourth-order valence-corrected chi connectivity index (χ4v) is 5.96. The SMILES string of the molecule is CCOC(=O)C(C)NP(=O)(Oc1ccccc1)OC(C)C1OC(n2ccc3c(N)ncnc32)C(C)(O)C1O. The predicted molar refractivity (Wildman–Crippen MR) is 137 cm³/mol. The van der Waals surface area contributed by atoms with E-state index in [0.717, 1.165) is 0 Å². The average molecular weight is 550 g/mol. The van der Waals surface area contributed by atoms with Crippen LogP contribution in [0.5, 0.6) is 5.75 Å². The fourth-order valence-electron chi connectivity index (χ4n) is 4.27. The molecule has 7 unspecified atom stereocenters. The number of aliphatic hydroxyl groups is 2. The predicted octanol–water partition coefficient (Wildman–Crippen LogP) is 2.16. The molecule has 4 rings (SSSR count). The Bertz CT molecular complexity index is 1320. The van der Waals surface area contributed by atoms with Crippen molar-refractivity contribution in [3.05, 3.63) is 48.9 Å². The zero-order valence-corrected chi connectivity index (χ0v) is 22.3. The van der Waals surface area contributed by atoms with Gasteiger partial charge in [-0.1, -0.05) is 18.2 Å². The topological polar surface area (TPSA) is 180 Å². The third kappa shape index (κ3) is 5.53. The number of benzene rings is 1. The highest BCUT2D eigenvalue weighted by Gasteiger charge is 2.56. The largest absolute Gasteiger partial charge is 0.465 e. The first kappa shape index (κ1) is 28.0. The molecule has 7 atom stereocenters. The molecule has 3 heterocycles. The van der Waals surface area contributed by atoms with Gasteiger partial charge in [0, 0.05) is 6.20 Å². The number of aromatic nitrogens is 3. The number of nitrogens with two attached hydrogens (primary N) is 1. The van der Waals surface area contributed by atoms with Crippen LogP contribution in [0.15, 0.2) is 48.9 Å². The van der Waals surface area contributed by atoms with Gasteiger partial charge in [-0.05, 0) is 45.9 Å². The number of nitrogens with zero attached hydrogens (tertiary/aromatic N) is 3. The van der Waals surface area contributed by atoms with Crippen LogP contribution >= 0.6 is 7.75 Å². The van der Waals surface area contributed by atoms with Gasteiger partial charge in [0.1, 0.15) is 47.4 Å². The molecular weight excluding hydrogens is 517 g/mol. The van der Waals surface area contributed by atoms with Crippen molar-refractivity contribution in [1.29, 1.82) is 0 Å². The summed E-state index contributed by atoms with van der Waals surface area (Å²) in [6.07, 6.45) is -1.90. The highest BCUT2D eigenvalue weighted by Crippen LogP contribution is 2.49. The Balaban J connectivity index is 1.59. The summed E-state index contributed by atoms with van der Waals surface area (Å²) in [5.74, 6) is -0.178. The van der Waals surface area contributed by atoms with E-state index in [0.29, 0.717) is 11.0 Å². The van der Waals surface area contributed by atoms with E-state index in [1.165, 1.54) is 31.7 Å². The summed E-state index contributed by atoms with van der Waals surface area (Å²) >= 11 is 0. The number of rotatable bonds is 10. The summed E-state index contributed by atoms with van der Waals surface area (Å²) in [5.41, 5.74) is 4.52. The van der Waals surface area contributed by atoms with Gasteiger partial charge in [-0.15, -0.1) is 0 Å². The number of nitrogen functional groups attached to an aromatic ring is 1. The third-order valence-corrected chi connectivity index (χ3v) is 7.98. The van der Waals surface area contributed by atoms with Crippen LogP contribution < -0.4 is 15.3 Å². The van der Waals surface area contributed by atoms with E-state index in [4.69, 9.17) is 24.3 Å². The first-order valence-corrected chi connectivity index (χ1v) is 13.6. The maximum atomic E-state index is 13.9. The van der Waals surface area contributed by atoms with Gasteiger partial charge in [0.25, 0.3) is 0 Å². The number of carbonyl (C=O) groups is 1. The van der Waals surface area contributed by atoms with Crippen molar-refractivity contribution in [2.75, 3.05) is 12.3 Å². The van der Waals surface area contributed by atoms with E-state index >= 15 is 0 Å². The second kappa shape index (κ2) is 11.0. The van der Waals surface area contributed by atoms with Crippen LogP contribution in [0.25, 0.3) is 11.0 Å². The minimum atomic E-state index is -4.24. The molecule has 38 heavy (non-hydrogen) atoms. The zero-order valence-electron chi connectivity index (χ0n) is 21.4. The van der Waals surface area contributed by atoms with Gasteiger partial charge in [0.15, 0.2) is 6.23 Å². The van der Waals surface area contributed by atoms with Crippen molar-refractivity contribution in [2.45, 2.75) is 63.9 Å². The molecule has 206 valence electrons. The Labute approximate surface area is 219 Å². The fraction of sp³-hybridized carbons (Fsp3) is 0.458. The van der Waals surface area contributed by atoms with Crippen molar-refractivity contribution in [2.24, 2.45) is 0 Å². The minimum absolute atomic E-state index is 0.134. The normalized spacial score (nSPS) is 26.5. The molecule has 13 nitrogen and oxygen atoms in total. The maximum absolute atomic E-state index is 13.9. The van der Waals surface area contributed by atoms with E-state index < -0.39 is 49.9 Å². The number of hydrogen-bond acceptors (Lipinski definition) is 11. The maximum Gasteiger partial charge on any atom is 0.459 e. The number of carbonyl (C=O) groups excluding carboxylic acids is 1. The van der Waals surface area contributed by atoms with Crippen LogP contribution in [0.1, 0.15) is 33.9 Å². The summed E-state index contributed by atoms with van der Waals surface area (Å²) in [6, 6.07) is 8.89. The number of esters is 1. The number of nitrogens with one attached hydrogen (secondary N) is 1. The van der Waals surface area contributed by atoms with Gasteiger partial charge in [-0.25, -0.2) is 14.5 Å². The van der Waals surface area contributed by atoms with Crippen LogP contribution in [0.4, 0.5) is 5.82 Å². The van der Waals surface area contributed by atoms with Gasteiger partial charge in [-0.2, -0.15) is 5.09 Å². The summed E-state index contributed by atoms with van der Waals surface area (Å²) in [5, 5.41) is 25.4. The molecule has 1 saturated heterocycles. The number of hydrogen-bond donors (Lipinski definition) is 4. The van der Waals surface area contributed by atoms with Crippen LogP contribution in [0.3, 0.4) is 0 Å². The third-order valence-electron chi connectivity index (χ3n) is 6.22. The average Bonchev–Trinajstić information content (AvgIpc) is 3.38. The molecule has 0 saturated carbocycles. The van der Waals surface area contributed by atoms with E-state index in [9.17, 15) is 19.6 Å². The molecule has 0 aliphatic carbocycles. The highest BCUT2D eigenvalue weighted by atomic mass is 31.2. The van der Waals surface area contributed by atoms with E-state index in [1.807, 2.05) is 0 Å². The standard InChI is InChI=1S/C24H32N5O8P/c1-5-34-22(31)14(2)28-38(33,37-16-9-7-6-8-10-16)36-15(3)18-19(30)24(4,32)23(35-18)29-12-11-17-20(25)26-13-27-21(17)29/h6-15,18-19,23,30,32H,5H2,1-4H3,(H,28,33)(H2,25,26,27). The second-order valence-corrected chi connectivity index (χ2v) is 10.8. The summed E-state index contributed by atoms with van der Waals surface area (Å²) in [4.78, 5) is 20.4. The highest BCUT2D eigenvalue weighted by molar-refractivity contribution is 7.52. The monoisotopic (exact) mass is 549 g/mol. The quantitative estimate of drug-likeness (QED) is 0.214. The molecule has 0 spiro atoms. The molecule has 5 N–H and O–H groups in total. The molecule has 2 aromatic heterocycles. The van der Waals surface area contributed by atoms with Crippen LogP contribution in [-0.4, -0.2) is 67.3 Å². The van der Waals surface area contributed by atoms with Gasteiger partial charge >= 0.3 is 13.7 Å². The molecule has 1 aromatic carbocycles. The lowest BCUT2D eigenvalue weighted by Crippen LogP contribution is -2.46. The first-order valence-electron chi connectivity index (χ1n) is 12.1. The Kier molecular flexibility index (Phi) is 8.07. The van der Waals surface area contributed by atoms with Crippen molar-refractivity contribution in [3.8, 4) is 5.75 Å². The zero-order chi connectivity index (χ0) is 27.7. The Hall–Kier alpha value is -3.06. The van der Waals surface area contributed by atoms with Gasteiger partial charge < -0.3 is 34.5 Å². The molecule has 14 heteroatoms. The summed E-state index contributed by atoms with van der Waals surface area (Å²) in [7, 11) is -4.24. The molecule has 0 bridgehead atoms. The molecule has 0 amide bonds. The summed E-state index contributed by atoms with van der Waals surface area (Å²) < 4.78 is 37.9. The molecule has 0 radical (unpaired) electrons. The van der Waals surface area contributed by atoms with Crippen molar-refractivity contribution < 1.29 is 38.1 Å².